The second-order valence-electron chi connectivity index (χ2n) is 4.96. The highest BCUT2D eigenvalue weighted by atomic mass is 32.2. The minimum absolute atomic E-state index is 0.313. The summed E-state index contributed by atoms with van der Waals surface area (Å²) in [5.74, 6) is 0.391. The van der Waals surface area contributed by atoms with Crippen LogP contribution in [0.4, 0.5) is 15.2 Å². The Hall–Kier alpha value is -2.45. The lowest BCUT2D eigenvalue weighted by molar-refractivity contribution is 0.632. The molecular weight excluding hydrogens is 345 g/mol. The molecule has 8 heteroatoms. The number of hydrogen-bond acceptors (Lipinski definition) is 6. The molecule has 4 rings (SSSR count). The zero-order valence-electron chi connectivity index (χ0n) is 12.4. The molecule has 0 spiro atoms. The van der Waals surface area contributed by atoms with E-state index in [1.165, 1.54) is 17.4 Å². The third-order valence-corrected chi connectivity index (χ3v) is 5.28. The second kappa shape index (κ2) is 6.58. The molecule has 4 aromatic rings. The molecule has 0 fully saturated rings. The van der Waals surface area contributed by atoms with Gasteiger partial charge in [-0.3, -0.25) is 0 Å². The van der Waals surface area contributed by atoms with E-state index in [1.807, 2.05) is 35.0 Å². The number of hydrogen-bond donors (Lipinski definition) is 1. The van der Waals surface area contributed by atoms with E-state index in [9.17, 15) is 4.39 Å². The van der Waals surface area contributed by atoms with Gasteiger partial charge in [-0.2, -0.15) is 0 Å². The summed E-state index contributed by atoms with van der Waals surface area (Å²) >= 11 is 2.95. The standard InChI is InChI=1S/C16H12FN5S2/c17-12-5-1-2-6-13(12)19-15-20-21-16(24-15)23-10-11-9-22-8-4-3-7-14(22)18-11/h1-9H,10H2,(H,19,20). The fourth-order valence-electron chi connectivity index (χ4n) is 2.19. The lowest BCUT2D eigenvalue weighted by atomic mass is 10.3. The van der Waals surface area contributed by atoms with Crippen LogP contribution in [0.5, 0.6) is 0 Å². The summed E-state index contributed by atoms with van der Waals surface area (Å²) in [6.07, 6.45) is 3.97. The van der Waals surface area contributed by atoms with Gasteiger partial charge in [-0.1, -0.05) is 41.3 Å². The fourth-order valence-corrected chi connectivity index (χ4v) is 3.84. The number of thioether (sulfide) groups is 1. The normalized spacial score (nSPS) is 11.0. The molecule has 3 aromatic heterocycles. The molecule has 0 unspecified atom stereocenters. The highest BCUT2D eigenvalue weighted by Gasteiger charge is 2.09. The van der Waals surface area contributed by atoms with E-state index >= 15 is 0 Å². The monoisotopic (exact) mass is 357 g/mol. The molecule has 0 aliphatic rings. The zero-order valence-corrected chi connectivity index (χ0v) is 14.0. The summed E-state index contributed by atoms with van der Waals surface area (Å²) in [5.41, 5.74) is 2.29. The van der Waals surface area contributed by atoms with E-state index in [2.05, 4.69) is 20.5 Å². The predicted molar refractivity (Wildman–Crippen MR) is 94.3 cm³/mol. The van der Waals surface area contributed by atoms with Crippen LogP contribution >= 0.6 is 23.1 Å². The minimum atomic E-state index is -0.313. The number of anilines is 2. The van der Waals surface area contributed by atoms with Crippen molar-refractivity contribution in [1.82, 2.24) is 19.6 Å². The summed E-state index contributed by atoms with van der Waals surface area (Å²) in [6.45, 7) is 0. The van der Waals surface area contributed by atoms with Crippen molar-refractivity contribution in [2.24, 2.45) is 0 Å². The van der Waals surface area contributed by atoms with Crippen LogP contribution in [0, 0.1) is 5.82 Å². The van der Waals surface area contributed by atoms with Gasteiger partial charge >= 0.3 is 0 Å². The molecule has 0 saturated heterocycles. The number of fused-ring (bicyclic) bond motifs is 1. The topological polar surface area (TPSA) is 55.1 Å². The molecule has 1 N–H and O–H groups in total. The number of nitrogens with one attached hydrogen (secondary N) is 1. The molecule has 0 amide bonds. The van der Waals surface area contributed by atoms with Crippen LogP contribution in [-0.4, -0.2) is 19.6 Å². The van der Waals surface area contributed by atoms with Crippen LogP contribution in [0.1, 0.15) is 5.69 Å². The van der Waals surface area contributed by atoms with Crippen LogP contribution in [0.2, 0.25) is 0 Å². The van der Waals surface area contributed by atoms with Crippen LogP contribution in [0.15, 0.2) is 59.2 Å². The Balaban J connectivity index is 1.42. The Morgan fingerprint density at radius 2 is 2.00 bits per heavy atom. The largest absolute Gasteiger partial charge is 0.328 e. The molecule has 0 atom stereocenters. The van der Waals surface area contributed by atoms with Gasteiger partial charge in [0.15, 0.2) is 4.34 Å². The molecule has 5 nitrogen and oxygen atoms in total. The maximum absolute atomic E-state index is 13.6. The predicted octanol–water partition coefficient (Wildman–Crippen LogP) is 4.36. The number of para-hydroxylation sites is 1. The Morgan fingerprint density at radius 3 is 2.88 bits per heavy atom. The third kappa shape index (κ3) is 3.24. The third-order valence-electron chi connectivity index (χ3n) is 3.28. The lowest BCUT2D eigenvalue weighted by Gasteiger charge is -2.01. The number of benzene rings is 1. The first-order valence-corrected chi connectivity index (χ1v) is 8.98. The van der Waals surface area contributed by atoms with E-state index in [-0.39, 0.29) is 5.82 Å². The van der Waals surface area contributed by atoms with E-state index in [4.69, 9.17) is 0 Å². The van der Waals surface area contributed by atoms with Crippen molar-refractivity contribution in [2.75, 3.05) is 5.32 Å². The zero-order chi connectivity index (χ0) is 16.4. The van der Waals surface area contributed by atoms with Gasteiger partial charge in [0, 0.05) is 18.1 Å². The molecular formula is C16H12FN5S2. The molecule has 0 bridgehead atoms. The smallest absolute Gasteiger partial charge is 0.210 e. The number of nitrogens with zero attached hydrogens (tertiary/aromatic N) is 4. The lowest BCUT2D eigenvalue weighted by Crippen LogP contribution is -1.92. The molecule has 120 valence electrons. The number of aromatic nitrogens is 4. The number of halogens is 1. The van der Waals surface area contributed by atoms with Gasteiger partial charge in [0.1, 0.15) is 11.5 Å². The van der Waals surface area contributed by atoms with Crippen molar-refractivity contribution in [1.29, 1.82) is 0 Å². The molecule has 0 aliphatic carbocycles. The Bertz CT molecular complexity index is 948. The number of rotatable bonds is 5. The SMILES string of the molecule is Fc1ccccc1Nc1nnc(SCc2cn3ccccc3n2)s1. The maximum Gasteiger partial charge on any atom is 0.210 e. The Morgan fingerprint density at radius 1 is 1.12 bits per heavy atom. The van der Waals surface area contributed by atoms with Crippen molar-refractivity contribution in [3.63, 3.8) is 0 Å². The Labute approximate surface area is 145 Å². The summed E-state index contributed by atoms with van der Waals surface area (Å²) in [5, 5.41) is 11.7. The van der Waals surface area contributed by atoms with Gasteiger partial charge in [0.2, 0.25) is 5.13 Å². The van der Waals surface area contributed by atoms with E-state index < -0.39 is 0 Å². The quantitative estimate of drug-likeness (QED) is 0.538. The molecule has 0 radical (unpaired) electrons. The summed E-state index contributed by atoms with van der Waals surface area (Å²) in [7, 11) is 0. The minimum Gasteiger partial charge on any atom is -0.328 e. The van der Waals surface area contributed by atoms with Crippen molar-refractivity contribution in [3.8, 4) is 0 Å². The van der Waals surface area contributed by atoms with Crippen LogP contribution in [0.3, 0.4) is 0 Å². The first-order chi connectivity index (χ1) is 11.8. The molecule has 1 aromatic carbocycles. The highest BCUT2D eigenvalue weighted by Crippen LogP contribution is 2.30. The summed E-state index contributed by atoms with van der Waals surface area (Å²) < 4.78 is 16.4. The highest BCUT2D eigenvalue weighted by molar-refractivity contribution is 8.00. The number of pyridine rings is 1. The summed E-state index contributed by atoms with van der Waals surface area (Å²) in [4.78, 5) is 4.55. The Kier molecular flexibility index (Phi) is 4.14. The maximum atomic E-state index is 13.6. The molecule has 0 aliphatic heterocycles. The van der Waals surface area contributed by atoms with Gasteiger partial charge in [0.05, 0.1) is 11.4 Å². The first kappa shape index (κ1) is 15.1. The van der Waals surface area contributed by atoms with E-state index in [0.29, 0.717) is 16.6 Å². The first-order valence-electron chi connectivity index (χ1n) is 7.18. The van der Waals surface area contributed by atoms with Crippen LogP contribution in [0.25, 0.3) is 5.65 Å². The van der Waals surface area contributed by atoms with Crippen molar-refractivity contribution >= 4 is 39.6 Å². The van der Waals surface area contributed by atoms with Gasteiger partial charge < -0.3 is 9.72 Å². The average Bonchev–Trinajstić information content (AvgIpc) is 3.21. The van der Waals surface area contributed by atoms with Crippen molar-refractivity contribution in [3.05, 3.63) is 66.4 Å². The molecule has 0 saturated carbocycles. The van der Waals surface area contributed by atoms with Crippen LogP contribution < -0.4 is 5.32 Å². The van der Waals surface area contributed by atoms with E-state index in [0.717, 1.165) is 15.7 Å². The summed E-state index contributed by atoms with van der Waals surface area (Å²) in [6, 6.07) is 12.4. The van der Waals surface area contributed by atoms with Gasteiger partial charge in [0.25, 0.3) is 0 Å². The van der Waals surface area contributed by atoms with Crippen molar-refractivity contribution < 1.29 is 4.39 Å². The van der Waals surface area contributed by atoms with E-state index in [1.54, 1.807) is 30.0 Å². The second-order valence-corrected chi connectivity index (χ2v) is 7.16. The molecule has 24 heavy (non-hydrogen) atoms. The fraction of sp³-hybridized carbons (Fsp3) is 0.0625. The van der Waals surface area contributed by atoms with Gasteiger partial charge in [-0.05, 0) is 24.3 Å². The van der Waals surface area contributed by atoms with Crippen molar-refractivity contribution in [2.45, 2.75) is 10.1 Å². The van der Waals surface area contributed by atoms with Gasteiger partial charge in [-0.25, -0.2) is 9.37 Å². The van der Waals surface area contributed by atoms with Gasteiger partial charge in [-0.15, -0.1) is 10.2 Å². The number of imidazole rings is 1. The van der Waals surface area contributed by atoms with Crippen LogP contribution in [-0.2, 0) is 5.75 Å². The molecule has 3 heterocycles. The average molecular weight is 357 g/mol.